The molecule has 0 bridgehead atoms. The lowest BCUT2D eigenvalue weighted by Crippen LogP contribution is -2.43. The number of carbonyl (C=O) groups excluding carboxylic acids is 1. The first-order valence-electron chi connectivity index (χ1n) is 8.48. The molecule has 1 aliphatic rings. The van der Waals surface area contributed by atoms with Gasteiger partial charge in [0, 0.05) is 31.1 Å². The van der Waals surface area contributed by atoms with Crippen LogP contribution < -0.4 is 21.7 Å². The van der Waals surface area contributed by atoms with Crippen molar-refractivity contribution in [3.8, 4) is 0 Å². The quantitative estimate of drug-likeness (QED) is 0.675. The van der Waals surface area contributed by atoms with Crippen LogP contribution in [0, 0.1) is 0 Å². The van der Waals surface area contributed by atoms with Crippen LogP contribution in [-0.4, -0.2) is 49.7 Å². The third kappa shape index (κ3) is 4.52. The van der Waals surface area contributed by atoms with E-state index in [1.807, 2.05) is 4.90 Å². The summed E-state index contributed by atoms with van der Waals surface area (Å²) in [5, 5.41) is 3.00. The van der Waals surface area contributed by atoms with Crippen molar-refractivity contribution in [2.24, 2.45) is 11.5 Å². The smallest absolute Gasteiger partial charge is 0.271 e. The molecule has 9 nitrogen and oxygen atoms in total. The van der Waals surface area contributed by atoms with Gasteiger partial charge in [0.15, 0.2) is 21.3 Å². The van der Waals surface area contributed by atoms with Gasteiger partial charge in [-0.15, -0.1) is 0 Å². The molecule has 1 saturated heterocycles. The molecular weight excluding hydrogens is 368 g/mol. The summed E-state index contributed by atoms with van der Waals surface area (Å²) in [5.74, 6) is 0.108. The maximum atomic E-state index is 11.7. The summed E-state index contributed by atoms with van der Waals surface area (Å²) < 4.78 is 23.1. The molecule has 10 heteroatoms. The minimum atomic E-state index is -3.29. The van der Waals surface area contributed by atoms with Crippen LogP contribution >= 0.6 is 0 Å². The van der Waals surface area contributed by atoms with Gasteiger partial charge in [-0.25, -0.2) is 18.4 Å². The lowest BCUT2D eigenvalue weighted by Gasteiger charge is -2.31. The SMILES string of the molecule is CS(=O)(=O)c1ccc(Nc2nc(N3CCC[C@@H](N)C3)cnc2C(N)=O)cc1. The van der Waals surface area contributed by atoms with Crippen LogP contribution in [0.3, 0.4) is 0 Å². The second-order valence-corrected chi connectivity index (χ2v) is 8.58. The van der Waals surface area contributed by atoms with Crippen molar-refractivity contribution in [3.05, 3.63) is 36.2 Å². The topological polar surface area (TPSA) is 144 Å². The van der Waals surface area contributed by atoms with Crippen LogP contribution in [-0.2, 0) is 9.84 Å². The Kier molecular flexibility index (Phi) is 5.29. The van der Waals surface area contributed by atoms with E-state index in [9.17, 15) is 13.2 Å². The average molecular weight is 390 g/mol. The van der Waals surface area contributed by atoms with E-state index in [0.717, 1.165) is 25.6 Å². The highest BCUT2D eigenvalue weighted by Gasteiger charge is 2.21. The Morgan fingerprint density at radius 3 is 2.59 bits per heavy atom. The molecule has 1 aromatic carbocycles. The number of nitrogens with one attached hydrogen (secondary N) is 1. The Morgan fingerprint density at radius 1 is 1.30 bits per heavy atom. The van der Waals surface area contributed by atoms with Gasteiger partial charge in [0.25, 0.3) is 5.91 Å². The number of anilines is 3. The number of amides is 1. The molecule has 0 spiro atoms. The number of hydrogen-bond acceptors (Lipinski definition) is 8. The molecule has 27 heavy (non-hydrogen) atoms. The molecule has 144 valence electrons. The van der Waals surface area contributed by atoms with E-state index in [1.54, 1.807) is 12.1 Å². The highest BCUT2D eigenvalue weighted by molar-refractivity contribution is 7.90. The summed E-state index contributed by atoms with van der Waals surface area (Å²) in [6.07, 6.45) is 4.56. The van der Waals surface area contributed by atoms with Crippen molar-refractivity contribution < 1.29 is 13.2 Å². The van der Waals surface area contributed by atoms with E-state index >= 15 is 0 Å². The van der Waals surface area contributed by atoms with Gasteiger partial charge in [-0.3, -0.25) is 4.79 Å². The molecular formula is C17H22N6O3S. The Hall–Kier alpha value is -2.72. The van der Waals surface area contributed by atoms with Crippen molar-refractivity contribution in [3.63, 3.8) is 0 Å². The molecule has 2 aromatic rings. The maximum absolute atomic E-state index is 11.7. The molecule has 1 amide bonds. The van der Waals surface area contributed by atoms with E-state index in [-0.39, 0.29) is 22.4 Å². The molecule has 1 fully saturated rings. The van der Waals surface area contributed by atoms with E-state index in [1.165, 1.54) is 18.3 Å². The van der Waals surface area contributed by atoms with Crippen molar-refractivity contribution in [2.75, 3.05) is 29.6 Å². The fourth-order valence-corrected chi connectivity index (χ4v) is 3.57. The standard InChI is InChI=1S/C17H22N6O3S/c1-27(25,26)13-6-4-12(5-7-13)21-17-15(16(19)24)20-9-14(22-17)23-8-2-3-11(18)10-23/h4-7,9,11H,2-3,8,10,18H2,1H3,(H2,19,24)(H,21,22)/t11-/m1/s1. The highest BCUT2D eigenvalue weighted by atomic mass is 32.2. The van der Waals surface area contributed by atoms with Gasteiger partial charge in [-0.05, 0) is 37.1 Å². The van der Waals surface area contributed by atoms with Crippen LogP contribution in [0.2, 0.25) is 0 Å². The summed E-state index contributed by atoms with van der Waals surface area (Å²) in [6.45, 7) is 1.47. The fraction of sp³-hybridized carbons (Fsp3) is 0.353. The minimum Gasteiger partial charge on any atom is -0.364 e. The summed E-state index contributed by atoms with van der Waals surface area (Å²) >= 11 is 0. The zero-order valence-electron chi connectivity index (χ0n) is 14.9. The monoisotopic (exact) mass is 390 g/mol. The third-order valence-corrected chi connectivity index (χ3v) is 5.45. The number of rotatable bonds is 5. The van der Waals surface area contributed by atoms with E-state index < -0.39 is 15.7 Å². The molecule has 5 N–H and O–H groups in total. The van der Waals surface area contributed by atoms with Crippen LogP contribution in [0.5, 0.6) is 0 Å². The summed E-state index contributed by atoms with van der Waals surface area (Å²) in [4.78, 5) is 22.6. The van der Waals surface area contributed by atoms with Gasteiger partial charge in [-0.1, -0.05) is 0 Å². The molecule has 1 aromatic heterocycles. The Morgan fingerprint density at radius 2 is 2.00 bits per heavy atom. The summed E-state index contributed by atoms with van der Waals surface area (Å²) in [6, 6.07) is 6.19. The zero-order valence-corrected chi connectivity index (χ0v) is 15.7. The van der Waals surface area contributed by atoms with E-state index in [4.69, 9.17) is 11.5 Å². The molecule has 0 radical (unpaired) electrons. The van der Waals surface area contributed by atoms with Crippen LogP contribution in [0.4, 0.5) is 17.3 Å². The lowest BCUT2D eigenvalue weighted by atomic mass is 10.1. The second-order valence-electron chi connectivity index (χ2n) is 6.56. The van der Waals surface area contributed by atoms with Gasteiger partial charge in [0.05, 0.1) is 11.1 Å². The maximum Gasteiger partial charge on any atom is 0.271 e. The number of carbonyl (C=O) groups is 1. The summed E-state index contributed by atoms with van der Waals surface area (Å²) in [5.41, 5.74) is 12.0. The predicted octanol–water partition coefficient (Wildman–Crippen LogP) is 0.650. The molecule has 3 rings (SSSR count). The van der Waals surface area contributed by atoms with Crippen LogP contribution in [0.1, 0.15) is 23.3 Å². The number of benzene rings is 1. The first-order chi connectivity index (χ1) is 12.7. The van der Waals surface area contributed by atoms with Gasteiger partial charge >= 0.3 is 0 Å². The molecule has 0 aliphatic carbocycles. The van der Waals surface area contributed by atoms with Crippen molar-refractivity contribution >= 4 is 33.1 Å². The highest BCUT2D eigenvalue weighted by Crippen LogP contribution is 2.23. The molecule has 0 saturated carbocycles. The third-order valence-electron chi connectivity index (χ3n) is 4.32. The van der Waals surface area contributed by atoms with Crippen molar-refractivity contribution in [2.45, 2.75) is 23.8 Å². The number of nitrogens with zero attached hydrogens (tertiary/aromatic N) is 3. The van der Waals surface area contributed by atoms with Crippen molar-refractivity contribution in [1.29, 1.82) is 0 Å². The minimum absolute atomic E-state index is 0.00671. The lowest BCUT2D eigenvalue weighted by molar-refractivity contribution is 0.0996. The first-order valence-corrected chi connectivity index (χ1v) is 10.4. The number of aromatic nitrogens is 2. The Bertz CT molecular complexity index is 946. The number of piperidine rings is 1. The summed E-state index contributed by atoms with van der Waals surface area (Å²) in [7, 11) is -3.29. The zero-order chi connectivity index (χ0) is 19.6. The van der Waals surface area contributed by atoms with Crippen LogP contribution in [0.25, 0.3) is 0 Å². The van der Waals surface area contributed by atoms with Crippen molar-refractivity contribution in [1.82, 2.24) is 9.97 Å². The second kappa shape index (κ2) is 7.49. The molecule has 1 aliphatic heterocycles. The average Bonchev–Trinajstić information content (AvgIpc) is 2.61. The van der Waals surface area contributed by atoms with E-state index in [2.05, 4.69) is 15.3 Å². The van der Waals surface area contributed by atoms with Gasteiger partial charge < -0.3 is 21.7 Å². The number of sulfone groups is 1. The molecule has 1 atom stereocenters. The largest absolute Gasteiger partial charge is 0.364 e. The number of primary amides is 1. The number of nitrogens with two attached hydrogens (primary N) is 2. The van der Waals surface area contributed by atoms with Gasteiger partial charge in [0.1, 0.15) is 5.82 Å². The molecule has 0 unspecified atom stereocenters. The first kappa shape index (κ1) is 19.1. The van der Waals surface area contributed by atoms with Gasteiger partial charge in [-0.2, -0.15) is 0 Å². The fourth-order valence-electron chi connectivity index (χ4n) is 2.94. The predicted molar refractivity (Wildman–Crippen MR) is 103 cm³/mol. The normalized spacial score (nSPS) is 17.6. The Labute approximate surface area is 157 Å². The van der Waals surface area contributed by atoms with Gasteiger partial charge in [0.2, 0.25) is 0 Å². The van der Waals surface area contributed by atoms with Crippen LogP contribution in [0.15, 0.2) is 35.4 Å². The number of hydrogen-bond donors (Lipinski definition) is 3. The van der Waals surface area contributed by atoms with E-state index in [0.29, 0.717) is 18.1 Å². The Balaban J connectivity index is 1.90. The molecule has 2 heterocycles.